The molecule has 0 saturated heterocycles. The number of hydrogen-bond acceptors (Lipinski definition) is 3. The Kier molecular flexibility index (Phi) is 4.87. The molecule has 2 N–H and O–H groups in total. The molecule has 0 aliphatic heterocycles. The number of carbonyl (C=O) groups excluding carboxylic acids is 1. The summed E-state index contributed by atoms with van der Waals surface area (Å²) in [5.74, 6) is -1.62. The first kappa shape index (κ1) is 14.7. The van der Waals surface area contributed by atoms with Crippen LogP contribution in [-0.4, -0.2) is 27.3 Å². The third kappa shape index (κ3) is 3.09. The summed E-state index contributed by atoms with van der Waals surface area (Å²) >= 11 is 5.76. The van der Waals surface area contributed by atoms with Gasteiger partial charge in [-0.2, -0.15) is 0 Å². The van der Waals surface area contributed by atoms with Crippen LogP contribution in [0, 0.1) is 0 Å². The Balaban J connectivity index is 3.25. The van der Waals surface area contributed by atoms with Crippen LogP contribution in [0.1, 0.15) is 41.4 Å². The summed E-state index contributed by atoms with van der Waals surface area (Å²) in [5.41, 5.74) is 1.34. The first-order valence-corrected chi connectivity index (χ1v) is 6.04. The lowest BCUT2D eigenvalue weighted by Gasteiger charge is -2.12. The van der Waals surface area contributed by atoms with E-state index in [0.717, 1.165) is 5.56 Å². The third-order valence-corrected chi connectivity index (χ3v) is 2.89. The van der Waals surface area contributed by atoms with E-state index in [1.54, 1.807) is 13.0 Å². The molecule has 18 heavy (non-hydrogen) atoms. The van der Waals surface area contributed by atoms with Gasteiger partial charge in [-0.3, -0.25) is 4.79 Å². The number of ketones is 1. The molecule has 0 radical (unpaired) electrons. The predicted molar refractivity (Wildman–Crippen MR) is 68.1 cm³/mol. The molecule has 0 spiro atoms. The number of aliphatic carboxylic acids is 1. The minimum atomic E-state index is -1.63. The van der Waals surface area contributed by atoms with Crippen molar-refractivity contribution in [1.82, 2.24) is 0 Å². The molecule has 4 nitrogen and oxygen atoms in total. The number of carboxylic acids is 1. The summed E-state index contributed by atoms with van der Waals surface area (Å²) in [5, 5.41) is 17.5. The number of Topliss-reactive ketones (excluding diaryl/α,β-unsaturated/α-hetero) is 1. The van der Waals surface area contributed by atoms with Crippen LogP contribution in [0.2, 0.25) is 0 Å². The summed E-state index contributed by atoms with van der Waals surface area (Å²) in [6.45, 7) is 3.45. The van der Waals surface area contributed by atoms with Crippen molar-refractivity contribution in [2.75, 3.05) is 0 Å². The normalized spacial score (nSPS) is 14.0. The minimum Gasteiger partial charge on any atom is -0.479 e. The number of alkyl halides is 1. The van der Waals surface area contributed by atoms with Crippen LogP contribution in [-0.2, 0) is 11.2 Å². The van der Waals surface area contributed by atoms with E-state index < -0.39 is 17.5 Å². The molecule has 0 amide bonds. The van der Waals surface area contributed by atoms with Crippen molar-refractivity contribution in [3.05, 3.63) is 34.9 Å². The van der Waals surface area contributed by atoms with Gasteiger partial charge in [-0.05, 0) is 30.5 Å². The van der Waals surface area contributed by atoms with E-state index in [1.165, 1.54) is 12.1 Å². The molecule has 0 bridgehead atoms. The van der Waals surface area contributed by atoms with Gasteiger partial charge in [-0.25, -0.2) is 4.79 Å². The first-order chi connectivity index (χ1) is 8.38. The molecule has 0 fully saturated rings. The summed E-state index contributed by atoms with van der Waals surface area (Å²) in [7, 11) is 0. The Hall–Kier alpha value is -1.39. The van der Waals surface area contributed by atoms with Gasteiger partial charge in [-0.1, -0.05) is 19.1 Å². The average Bonchev–Trinajstić information content (AvgIpc) is 2.35. The smallest absolute Gasteiger partial charge is 0.337 e. The van der Waals surface area contributed by atoms with E-state index in [-0.39, 0.29) is 11.3 Å². The molecule has 0 aliphatic rings. The van der Waals surface area contributed by atoms with Crippen molar-refractivity contribution in [2.45, 2.75) is 31.7 Å². The maximum Gasteiger partial charge on any atom is 0.337 e. The zero-order valence-corrected chi connectivity index (χ0v) is 10.9. The highest BCUT2D eigenvalue weighted by Gasteiger charge is 2.21. The van der Waals surface area contributed by atoms with Crippen molar-refractivity contribution in [2.24, 2.45) is 0 Å². The van der Waals surface area contributed by atoms with Gasteiger partial charge in [0.05, 0.1) is 5.38 Å². The van der Waals surface area contributed by atoms with Crippen LogP contribution >= 0.6 is 11.6 Å². The lowest BCUT2D eigenvalue weighted by molar-refractivity contribution is -0.146. The topological polar surface area (TPSA) is 74.6 Å². The number of aryl methyl sites for hydroxylation is 1. The number of benzene rings is 1. The summed E-state index contributed by atoms with van der Waals surface area (Å²) in [6, 6.07) is 4.56. The van der Waals surface area contributed by atoms with Gasteiger partial charge >= 0.3 is 5.97 Å². The van der Waals surface area contributed by atoms with E-state index in [1.807, 2.05) is 6.92 Å². The Labute approximate surface area is 110 Å². The molecular formula is C13H15ClO4. The van der Waals surface area contributed by atoms with Crippen molar-refractivity contribution in [3.8, 4) is 0 Å². The monoisotopic (exact) mass is 270 g/mol. The highest BCUT2D eigenvalue weighted by atomic mass is 35.5. The summed E-state index contributed by atoms with van der Waals surface area (Å²) in [4.78, 5) is 22.6. The lowest BCUT2D eigenvalue weighted by atomic mass is 9.95. The zero-order chi connectivity index (χ0) is 13.9. The number of carboxylic acid groups (broad SMARTS) is 1. The average molecular weight is 271 g/mol. The minimum absolute atomic E-state index is 0.181. The molecule has 0 heterocycles. The fourth-order valence-corrected chi connectivity index (χ4v) is 1.78. The number of hydrogen-bond donors (Lipinski definition) is 2. The molecule has 0 saturated carbocycles. The maximum absolute atomic E-state index is 11.9. The van der Waals surface area contributed by atoms with Gasteiger partial charge in [0.25, 0.3) is 0 Å². The van der Waals surface area contributed by atoms with Crippen molar-refractivity contribution in [3.63, 3.8) is 0 Å². The van der Waals surface area contributed by atoms with Gasteiger partial charge < -0.3 is 10.2 Å². The summed E-state index contributed by atoms with van der Waals surface area (Å²) < 4.78 is 0. The molecule has 2 atom stereocenters. The molecule has 0 aliphatic carbocycles. The van der Waals surface area contributed by atoms with Gasteiger partial charge in [0.1, 0.15) is 0 Å². The molecule has 1 aromatic rings. The summed E-state index contributed by atoms with van der Waals surface area (Å²) in [6.07, 6.45) is -0.998. The molecule has 5 heteroatoms. The Morgan fingerprint density at radius 1 is 1.39 bits per heavy atom. The Bertz CT molecular complexity index is 468. The number of aliphatic hydroxyl groups is 1. The molecular weight excluding hydrogens is 256 g/mol. The van der Waals surface area contributed by atoms with Crippen LogP contribution in [0.3, 0.4) is 0 Å². The predicted octanol–water partition coefficient (Wildman–Crippen LogP) is 2.18. The van der Waals surface area contributed by atoms with E-state index >= 15 is 0 Å². The quantitative estimate of drug-likeness (QED) is 0.635. The van der Waals surface area contributed by atoms with E-state index in [0.29, 0.717) is 12.0 Å². The highest BCUT2D eigenvalue weighted by molar-refractivity contribution is 6.33. The van der Waals surface area contributed by atoms with Gasteiger partial charge in [0.15, 0.2) is 11.9 Å². The second-order valence-corrected chi connectivity index (χ2v) is 4.65. The van der Waals surface area contributed by atoms with Gasteiger partial charge in [-0.15, -0.1) is 11.6 Å². The number of rotatable bonds is 5. The molecule has 2 unspecified atom stereocenters. The second-order valence-electron chi connectivity index (χ2n) is 3.99. The maximum atomic E-state index is 11.9. The molecule has 1 rings (SSSR count). The number of halogens is 1. The largest absolute Gasteiger partial charge is 0.479 e. The SMILES string of the molecule is CCc1ccc(C(O)C(=O)O)cc1C(=O)C(C)Cl. The molecule has 1 aromatic carbocycles. The lowest BCUT2D eigenvalue weighted by Crippen LogP contribution is -2.16. The number of carbonyl (C=O) groups is 2. The molecule has 0 aromatic heterocycles. The fraction of sp³-hybridized carbons (Fsp3) is 0.385. The zero-order valence-electron chi connectivity index (χ0n) is 10.2. The van der Waals surface area contributed by atoms with Crippen LogP contribution in [0.25, 0.3) is 0 Å². The third-order valence-electron chi connectivity index (χ3n) is 2.69. The van der Waals surface area contributed by atoms with E-state index in [2.05, 4.69) is 0 Å². The van der Waals surface area contributed by atoms with Crippen molar-refractivity contribution >= 4 is 23.4 Å². The van der Waals surface area contributed by atoms with Crippen LogP contribution in [0.5, 0.6) is 0 Å². The first-order valence-electron chi connectivity index (χ1n) is 5.60. The van der Waals surface area contributed by atoms with Gasteiger partial charge in [0, 0.05) is 5.56 Å². The van der Waals surface area contributed by atoms with Crippen LogP contribution < -0.4 is 0 Å². The number of aliphatic hydroxyl groups excluding tert-OH is 1. The Morgan fingerprint density at radius 3 is 2.44 bits per heavy atom. The van der Waals surface area contributed by atoms with E-state index in [4.69, 9.17) is 16.7 Å². The van der Waals surface area contributed by atoms with E-state index in [9.17, 15) is 14.7 Å². The van der Waals surface area contributed by atoms with Crippen molar-refractivity contribution < 1.29 is 19.8 Å². The molecule has 98 valence electrons. The highest BCUT2D eigenvalue weighted by Crippen LogP contribution is 2.21. The van der Waals surface area contributed by atoms with Crippen molar-refractivity contribution in [1.29, 1.82) is 0 Å². The van der Waals surface area contributed by atoms with Crippen LogP contribution in [0.4, 0.5) is 0 Å². The second kappa shape index (κ2) is 5.98. The van der Waals surface area contributed by atoms with Gasteiger partial charge in [0.2, 0.25) is 0 Å². The van der Waals surface area contributed by atoms with Crippen LogP contribution in [0.15, 0.2) is 18.2 Å². The fourth-order valence-electron chi connectivity index (χ4n) is 1.66. The standard InChI is InChI=1S/C13H15ClO4/c1-3-8-4-5-9(12(16)13(17)18)6-10(8)11(15)7(2)14/h4-7,12,16H,3H2,1-2H3,(H,17,18). The Morgan fingerprint density at radius 2 is 2.00 bits per heavy atom.